The van der Waals surface area contributed by atoms with E-state index in [4.69, 9.17) is 0 Å². The second-order valence-electron chi connectivity index (χ2n) is 6.13. The molecule has 8 nitrogen and oxygen atoms in total. The standard InChI is InChI=1S/C18H16F2N4O4S/c1-12-8-9-23(22-12)16-5-3-2-4-13(16)11-21-15-7-6-14(10-17(15)24(25)26)29(27,28)18(19)20/h2-10,18,21H,11H2,1H3. The van der Waals surface area contributed by atoms with Gasteiger partial charge in [0.1, 0.15) is 5.69 Å². The molecule has 0 aliphatic carbocycles. The summed E-state index contributed by atoms with van der Waals surface area (Å²) in [5, 5.41) is 18.6. The van der Waals surface area contributed by atoms with Gasteiger partial charge in [0.25, 0.3) is 5.69 Å². The van der Waals surface area contributed by atoms with Crippen molar-refractivity contribution in [2.75, 3.05) is 5.32 Å². The molecule has 11 heteroatoms. The number of rotatable bonds is 7. The van der Waals surface area contributed by atoms with Crippen LogP contribution in [-0.2, 0) is 16.4 Å². The number of aromatic nitrogens is 2. The largest absolute Gasteiger partial charge is 0.375 e. The summed E-state index contributed by atoms with van der Waals surface area (Å²) < 4.78 is 50.3. The maximum atomic E-state index is 12.7. The number of nitrogens with one attached hydrogen (secondary N) is 1. The molecule has 0 atom stereocenters. The maximum absolute atomic E-state index is 12.7. The number of benzene rings is 2. The maximum Gasteiger partial charge on any atom is 0.341 e. The number of aryl methyl sites for hydroxylation is 1. The summed E-state index contributed by atoms with van der Waals surface area (Å²) in [7, 11) is -4.93. The van der Waals surface area contributed by atoms with Gasteiger partial charge in [-0.05, 0) is 36.8 Å². The van der Waals surface area contributed by atoms with E-state index in [1.54, 1.807) is 23.0 Å². The second kappa shape index (κ2) is 7.95. The van der Waals surface area contributed by atoms with Gasteiger partial charge in [0, 0.05) is 18.8 Å². The van der Waals surface area contributed by atoms with Gasteiger partial charge in [0.05, 0.1) is 21.2 Å². The highest BCUT2D eigenvalue weighted by Crippen LogP contribution is 2.30. The van der Waals surface area contributed by atoms with Crippen LogP contribution in [0.15, 0.2) is 59.6 Å². The molecule has 1 aromatic heterocycles. The Morgan fingerprint density at radius 1 is 1.21 bits per heavy atom. The Morgan fingerprint density at radius 3 is 2.55 bits per heavy atom. The van der Waals surface area contributed by atoms with Gasteiger partial charge in [-0.1, -0.05) is 18.2 Å². The van der Waals surface area contributed by atoms with Gasteiger partial charge in [-0.25, -0.2) is 13.1 Å². The van der Waals surface area contributed by atoms with Gasteiger partial charge in [0.15, 0.2) is 0 Å². The Kier molecular flexibility index (Phi) is 5.59. The number of alkyl halides is 2. The summed E-state index contributed by atoms with van der Waals surface area (Å²) in [5.41, 5.74) is 1.75. The van der Waals surface area contributed by atoms with Crippen molar-refractivity contribution in [3.8, 4) is 5.69 Å². The smallest absolute Gasteiger partial charge is 0.341 e. The van der Waals surface area contributed by atoms with E-state index < -0.39 is 31.1 Å². The molecule has 0 aliphatic rings. The minimum absolute atomic E-state index is 0.00895. The number of hydrogen-bond acceptors (Lipinski definition) is 6. The van der Waals surface area contributed by atoms with Crippen molar-refractivity contribution in [2.45, 2.75) is 24.1 Å². The average Bonchev–Trinajstić information content (AvgIpc) is 3.12. The molecule has 0 fully saturated rings. The van der Waals surface area contributed by atoms with E-state index in [2.05, 4.69) is 10.4 Å². The zero-order chi connectivity index (χ0) is 21.2. The number of anilines is 1. The third kappa shape index (κ3) is 4.24. The lowest BCUT2D eigenvalue weighted by molar-refractivity contribution is -0.384. The van der Waals surface area contributed by atoms with Gasteiger partial charge in [-0.15, -0.1) is 0 Å². The molecule has 0 saturated heterocycles. The zero-order valence-corrected chi connectivity index (χ0v) is 15.9. The molecule has 152 valence electrons. The molecule has 1 heterocycles. The van der Waals surface area contributed by atoms with Crippen molar-refractivity contribution in [3.05, 3.63) is 76.1 Å². The van der Waals surface area contributed by atoms with E-state index in [1.165, 1.54) is 0 Å². The molecule has 0 aliphatic heterocycles. The molecule has 0 bridgehead atoms. The first-order chi connectivity index (χ1) is 13.7. The highest BCUT2D eigenvalue weighted by molar-refractivity contribution is 7.91. The molecular weight excluding hydrogens is 406 g/mol. The lowest BCUT2D eigenvalue weighted by Gasteiger charge is -2.12. The van der Waals surface area contributed by atoms with E-state index in [0.717, 1.165) is 29.1 Å². The SMILES string of the molecule is Cc1ccn(-c2ccccc2CNc2ccc(S(=O)(=O)C(F)F)cc2[N+](=O)[O-])n1. The van der Waals surface area contributed by atoms with E-state index in [9.17, 15) is 27.3 Å². The highest BCUT2D eigenvalue weighted by atomic mass is 32.2. The van der Waals surface area contributed by atoms with Gasteiger partial charge >= 0.3 is 5.76 Å². The average molecular weight is 422 g/mol. The van der Waals surface area contributed by atoms with Gasteiger partial charge in [-0.3, -0.25) is 10.1 Å². The van der Waals surface area contributed by atoms with Crippen LogP contribution in [0.1, 0.15) is 11.3 Å². The van der Waals surface area contributed by atoms with E-state index in [-0.39, 0.29) is 12.2 Å². The third-order valence-electron chi connectivity index (χ3n) is 4.16. The van der Waals surface area contributed by atoms with Crippen molar-refractivity contribution in [2.24, 2.45) is 0 Å². The van der Waals surface area contributed by atoms with Crippen LogP contribution < -0.4 is 5.32 Å². The third-order valence-corrected chi connectivity index (χ3v) is 5.54. The van der Waals surface area contributed by atoms with Crippen LogP contribution in [-0.4, -0.2) is 28.9 Å². The first kappa shape index (κ1) is 20.4. The van der Waals surface area contributed by atoms with Crippen LogP contribution in [0.3, 0.4) is 0 Å². The number of nitrogens with zero attached hydrogens (tertiary/aromatic N) is 3. The molecular formula is C18H16F2N4O4S. The van der Waals surface area contributed by atoms with Crippen LogP contribution >= 0.6 is 0 Å². The number of sulfone groups is 1. The fourth-order valence-corrected chi connectivity index (χ4v) is 3.45. The van der Waals surface area contributed by atoms with Crippen LogP contribution in [0, 0.1) is 17.0 Å². The predicted molar refractivity (Wildman–Crippen MR) is 102 cm³/mol. The van der Waals surface area contributed by atoms with Crippen molar-refractivity contribution in [3.63, 3.8) is 0 Å². The molecule has 1 N–H and O–H groups in total. The highest BCUT2D eigenvalue weighted by Gasteiger charge is 2.29. The molecule has 0 saturated carbocycles. The molecule has 0 radical (unpaired) electrons. The fraction of sp³-hybridized carbons (Fsp3) is 0.167. The van der Waals surface area contributed by atoms with Gasteiger partial charge in [0.2, 0.25) is 9.84 Å². The van der Waals surface area contributed by atoms with Gasteiger partial charge in [-0.2, -0.15) is 13.9 Å². The first-order valence-corrected chi connectivity index (χ1v) is 9.89. The number of halogens is 2. The molecule has 0 unspecified atom stereocenters. The topological polar surface area (TPSA) is 107 Å². The van der Waals surface area contributed by atoms with Gasteiger partial charge < -0.3 is 5.32 Å². The van der Waals surface area contributed by atoms with Crippen molar-refractivity contribution in [1.29, 1.82) is 0 Å². The molecule has 0 amide bonds. The lowest BCUT2D eigenvalue weighted by Crippen LogP contribution is -2.12. The van der Waals surface area contributed by atoms with Crippen LogP contribution in [0.5, 0.6) is 0 Å². The summed E-state index contributed by atoms with van der Waals surface area (Å²) in [5.74, 6) is -3.66. The number of hydrogen-bond donors (Lipinski definition) is 1. The van der Waals surface area contributed by atoms with E-state index in [1.807, 2.05) is 25.1 Å². The normalized spacial score (nSPS) is 11.6. The van der Waals surface area contributed by atoms with Crippen LogP contribution in [0.2, 0.25) is 0 Å². The zero-order valence-electron chi connectivity index (χ0n) is 15.1. The summed E-state index contributed by atoms with van der Waals surface area (Å²) in [6.07, 6.45) is 1.78. The summed E-state index contributed by atoms with van der Waals surface area (Å²) >= 11 is 0. The first-order valence-electron chi connectivity index (χ1n) is 8.35. The molecule has 3 aromatic rings. The predicted octanol–water partition coefficient (Wildman–Crippen LogP) is 3.70. The Hall–Kier alpha value is -3.34. The number of nitro groups is 1. The minimum atomic E-state index is -4.93. The Labute approximate surface area is 164 Å². The molecule has 2 aromatic carbocycles. The van der Waals surface area contributed by atoms with E-state index in [0.29, 0.717) is 6.07 Å². The van der Waals surface area contributed by atoms with Crippen molar-refractivity contribution < 1.29 is 22.1 Å². The molecule has 29 heavy (non-hydrogen) atoms. The fourth-order valence-electron chi connectivity index (χ4n) is 2.72. The lowest BCUT2D eigenvalue weighted by atomic mass is 10.1. The Bertz CT molecular complexity index is 1160. The molecule has 0 spiro atoms. The summed E-state index contributed by atoms with van der Waals surface area (Å²) in [6.45, 7) is 2.01. The number of nitro benzene ring substituents is 1. The Morgan fingerprint density at radius 2 is 1.93 bits per heavy atom. The monoisotopic (exact) mass is 422 g/mol. The Balaban J connectivity index is 1.91. The van der Waals surface area contributed by atoms with Crippen LogP contribution in [0.4, 0.5) is 20.2 Å². The van der Waals surface area contributed by atoms with Crippen molar-refractivity contribution >= 4 is 21.2 Å². The van der Waals surface area contributed by atoms with Crippen LogP contribution in [0.25, 0.3) is 5.69 Å². The summed E-state index contributed by atoms with van der Waals surface area (Å²) in [4.78, 5) is 9.71. The molecule has 3 rings (SSSR count). The minimum Gasteiger partial charge on any atom is -0.375 e. The second-order valence-corrected chi connectivity index (χ2v) is 8.04. The number of para-hydroxylation sites is 1. The summed E-state index contributed by atoms with van der Waals surface area (Å²) in [6, 6.07) is 11.7. The quantitative estimate of drug-likeness (QED) is 0.460. The van der Waals surface area contributed by atoms with E-state index >= 15 is 0 Å². The van der Waals surface area contributed by atoms with Crippen molar-refractivity contribution in [1.82, 2.24) is 9.78 Å².